The predicted octanol–water partition coefficient (Wildman–Crippen LogP) is 1.66. The van der Waals surface area contributed by atoms with Gasteiger partial charge in [-0.25, -0.2) is 0 Å². The lowest BCUT2D eigenvalue weighted by Gasteiger charge is -2.31. The lowest BCUT2D eigenvalue weighted by molar-refractivity contribution is -0.0708. The molecule has 0 aliphatic carbocycles. The summed E-state index contributed by atoms with van der Waals surface area (Å²) < 4.78 is 11.6. The molecule has 3 heterocycles. The van der Waals surface area contributed by atoms with Crippen molar-refractivity contribution in [3.63, 3.8) is 0 Å². The Labute approximate surface area is 124 Å². The average Bonchev–Trinajstić information content (AvgIpc) is 2.92. The Hall–Kier alpha value is -1.72. The summed E-state index contributed by atoms with van der Waals surface area (Å²) in [6, 6.07) is 5.47. The fraction of sp³-hybridized carbons (Fsp3) is 0.500. The summed E-state index contributed by atoms with van der Waals surface area (Å²) in [6.07, 6.45) is 5.18. The molecule has 0 radical (unpaired) electrons. The van der Waals surface area contributed by atoms with Crippen molar-refractivity contribution in [1.29, 1.82) is 0 Å². The number of likely N-dealkylation sites (tertiary alicyclic amines) is 1. The molecule has 0 aromatic carbocycles. The highest BCUT2D eigenvalue weighted by molar-refractivity contribution is 5.92. The van der Waals surface area contributed by atoms with E-state index in [-0.39, 0.29) is 24.2 Å². The minimum absolute atomic E-state index is 0.0358. The lowest BCUT2D eigenvalue weighted by atomic mass is 10.0. The number of ether oxygens (including phenoxy) is 2. The maximum Gasteiger partial charge on any atom is 0.272 e. The zero-order valence-electron chi connectivity index (χ0n) is 12.0. The van der Waals surface area contributed by atoms with Crippen LogP contribution < -0.4 is 0 Å². The summed E-state index contributed by atoms with van der Waals surface area (Å²) in [6.45, 7) is 5.44. The van der Waals surface area contributed by atoms with Crippen molar-refractivity contribution in [2.75, 3.05) is 19.8 Å². The Morgan fingerprint density at radius 2 is 2.48 bits per heavy atom. The number of rotatable bonds is 4. The van der Waals surface area contributed by atoms with Crippen LogP contribution in [0.3, 0.4) is 0 Å². The zero-order chi connectivity index (χ0) is 14.7. The first-order chi connectivity index (χ1) is 10.3. The molecule has 0 unspecified atom stereocenters. The quantitative estimate of drug-likeness (QED) is 0.791. The molecule has 3 rings (SSSR count). The van der Waals surface area contributed by atoms with Crippen molar-refractivity contribution in [1.82, 2.24) is 9.88 Å². The number of carbonyl (C=O) groups excluding carboxylic acids is 1. The van der Waals surface area contributed by atoms with Crippen LogP contribution in [0.25, 0.3) is 0 Å². The molecule has 112 valence electrons. The normalized spacial score (nSPS) is 28.2. The molecule has 5 nitrogen and oxygen atoms in total. The van der Waals surface area contributed by atoms with Crippen molar-refractivity contribution in [3.8, 4) is 0 Å². The van der Waals surface area contributed by atoms with Crippen LogP contribution in [0.5, 0.6) is 0 Å². The van der Waals surface area contributed by atoms with Gasteiger partial charge in [-0.2, -0.15) is 0 Å². The first-order valence-corrected chi connectivity index (χ1v) is 7.37. The number of hydrogen-bond acceptors (Lipinski definition) is 4. The number of nitrogens with zero attached hydrogens (tertiary/aromatic N) is 2. The van der Waals surface area contributed by atoms with Crippen LogP contribution in [-0.2, 0) is 9.47 Å². The fourth-order valence-electron chi connectivity index (χ4n) is 3.12. The van der Waals surface area contributed by atoms with Gasteiger partial charge in [0, 0.05) is 12.8 Å². The van der Waals surface area contributed by atoms with Gasteiger partial charge in [-0.3, -0.25) is 9.78 Å². The number of amides is 1. The molecular weight excluding hydrogens is 268 g/mol. The van der Waals surface area contributed by atoms with Crippen LogP contribution in [0.4, 0.5) is 0 Å². The molecule has 2 saturated heterocycles. The third-order valence-corrected chi connectivity index (χ3v) is 4.05. The Kier molecular flexibility index (Phi) is 4.31. The second-order valence-corrected chi connectivity index (χ2v) is 5.38. The first-order valence-electron chi connectivity index (χ1n) is 7.37. The van der Waals surface area contributed by atoms with E-state index < -0.39 is 0 Å². The van der Waals surface area contributed by atoms with Crippen LogP contribution in [0, 0.1) is 0 Å². The Morgan fingerprint density at radius 3 is 3.24 bits per heavy atom. The highest BCUT2D eigenvalue weighted by Gasteiger charge is 2.46. The van der Waals surface area contributed by atoms with Crippen molar-refractivity contribution in [3.05, 3.63) is 42.7 Å². The van der Waals surface area contributed by atoms with E-state index in [9.17, 15) is 4.79 Å². The molecule has 5 heteroatoms. The van der Waals surface area contributed by atoms with Gasteiger partial charge >= 0.3 is 0 Å². The standard InChI is InChI=1S/C16H20N2O3/c1-2-9-20-14-11-18(13-7-5-10-21-15(13)14)16(19)12-6-3-4-8-17-12/h2-4,6,8,13-15H,1,5,7,9-11H2/t13-,14+,15+/m1/s1. The number of aromatic nitrogens is 1. The summed E-state index contributed by atoms with van der Waals surface area (Å²) in [7, 11) is 0. The molecule has 0 bridgehead atoms. The molecule has 0 saturated carbocycles. The Balaban J connectivity index is 1.78. The lowest BCUT2D eigenvalue weighted by Crippen LogP contribution is -2.44. The molecule has 0 spiro atoms. The molecule has 2 aliphatic heterocycles. The van der Waals surface area contributed by atoms with Gasteiger partial charge in [-0.1, -0.05) is 12.1 Å². The van der Waals surface area contributed by atoms with Gasteiger partial charge in [0.05, 0.1) is 19.2 Å². The second-order valence-electron chi connectivity index (χ2n) is 5.38. The molecule has 1 aromatic heterocycles. The molecule has 21 heavy (non-hydrogen) atoms. The van der Waals surface area contributed by atoms with Gasteiger partial charge in [0.15, 0.2) is 0 Å². The zero-order valence-corrected chi connectivity index (χ0v) is 12.0. The molecular formula is C16H20N2O3. The smallest absolute Gasteiger partial charge is 0.272 e. The summed E-state index contributed by atoms with van der Waals surface area (Å²) in [4.78, 5) is 18.7. The van der Waals surface area contributed by atoms with Gasteiger partial charge in [-0.15, -0.1) is 6.58 Å². The Bertz CT molecular complexity index is 506. The van der Waals surface area contributed by atoms with Gasteiger partial charge in [0.2, 0.25) is 0 Å². The van der Waals surface area contributed by atoms with Crippen molar-refractivity contribution in [2.45, 2.75) is 31.1 Å². The van der Waals surface area contributed by atoms with Gasteiger partial charge in [-0.05, 0) is 25.0 Å². The monoisotopic (exact) mass is 288 g/mol. The summed E-state index contributed by atoms with van der Waals surface area (Å²) >= 11 is 0. The average molecular weight is 288 g/mol. The summed E-state index contributed by atoms with van der Waals surface area (Å²) in [5.41, 5.74) is 0.478. The van der Waals surface area contributed by atoms with E-state index in [4.69, 9.17) is 9.47 Å². The highest BCUT2D eigenvalue weighted by Crippen LogP contribution is 2.31. The fourth-order valence-corrected chi connectivity index (χ4v) is 3.12. The topological polar surface area (TPSA) is 51.7 Å². The number of carbonyl (C=O) groups is 1. The summed E-state index contributed by atoms with van der Waals surface area (Å²) in [5.74, 6) is -0.0409. The van der Waals surface area contributed by atoms with E-state index in [0.717, 1.165) is 19.4 Å². The van der Waals surface area contributed by atoms with Gasteiger partial charge < -0.3 is 14.4 Å². The maximum atomic E-state index is 12.7. The van der Waals surface area contributed by atoms with E-state index in [1.807, 2.05) is 17.0 Å². The van der Waals surface area contributed by atoms with Crippen molar-refractivity contribution >= 4 is 5.91 Å². The third-order valence-electron chi connectivity index (χ3n) is 4.05. The second kappa shape index (κ2) is 6.37. The van der Waals surface area contributed by atoms with E-state index in [1.165, 1.54) is 0 Å². The van der Waals surface area contributed by atoms with E-state index in [0.29, 0.717) is 18.8 Å². The van der Waals surface area contributed by atoms with Crippen LogP contribution in [-0.4, -0.2) is 53.8 Å². The SMILES string of the molecule is C=CCO[C@H]1CN(C(=O)c2ccccn2)[C@@H]2CCCO[C@H]12. The number of pyridine rings is 1. The van der Waals surface area contributed by atoms with Crippen LogP contribution in [0.2, 0.25) is 0 Å². The largest absolute Gasteiger partial charge is 0.373 e. The van der Waals surface area contributed by atoms with Crippen molar-refractivity contribution in [2.24, 2.45) is 0 Å². The predicted molar refractivity (Wildman–Crippen MR) is 78.0 cm³/mol. The van der Waals surface area contributed by atoms with Crippen LogP contribution in [0.15, 0.2) is 37.1 Å². The van der Waals surface area contributed by atoms with E-state index >= 15 is 0 Å². The minimum atomic E-state index is -0.0824. The first kappa shape index (κ1) is 14.2. The molecule has 1 amide bonds. The molecule has 2 fully saturated rings. The maximum absolute atomic E-state index is 12.7. The number of hydrogen-bond donors (Lipinski definition) is 0. The van der Waals surface area contributed by atoms with Crippen molar-refractivity contribution < 1.29 is 14.3 Å². The molecule has 0 N–H and O–H groups in total. The summed E-state index contributed by atoms with van der Waals surface area (Å²) in [5, 5.41) is 0. The van der Waals surface area contributed by atoms with E-state index in [2.05, 4.69) is 11.6 Å². The van der Waals surface area contributed by atoms with Crippen LogP contribution >= 0.6 is 0 Å². The molecule has 2 aliphatic rings. The van der Waals surface area contributed by atoms with E-state index in [1.54, 1.807) is 18.3 Å². The number of fused-ring (bicyclic) bond motifs is 1. The molecule has 1 aromatic rings. The van der Waals surface area contributed by atoms with Gasteiger partial charge in [0.25, 0.3) is 5.91 Å². The van der Waals surface area contributed by atoms with Crippen LogP contribution in [0.1, 0.15) is 23.3 Å². The highest BCUT2D eigenvalue weighted by atomic mass is 16.5. The van der Waals surface area contributed by atoms with Gasteiger partial charge in [0.1, 0.15) is 17.9 Å². The third kappa shape index (κ3) is 2.84. The molecule has 3 atom stereocenters. The Morgan fingerprint density at radius 1 is 1.57 bits per heavy atom. The minimum Gasteiger partial charge on any atom is -0.373 e.